The molecule has 7 nitrogen and oxygen atoms in total. The van der Waals surface area contributed by atoms with E-state index in [2.05, 4.69) is 4.98 Å². The monoisotopic (exact) mass is 280 g/mol. The van der Waals surface area contributed by atoms with Crippen LogP contribution >= 0.6 is 0 Å². The zero-order valence-electron chi connectivity index (χ0n) is 11.1. The third-order valence-electron chi connectivity index (χ3n) is 3.54. The number of aromatic amines is 1. The average molecular weight is 280 g/mol. The fourth-order valence-electron chi connectivity index (χ4n) is 2.58. The zero-order valence-corrected chi connectivity index (χ0v) is 11.1. The lowest BCUT2D eigenvalue weighted by atomic mass is 9.96. The summed E-state index contributed by atoms with van der Waals surface area (Å²) in [6.07, 6.45) is 2.29. The summed E-state index contributed by atoms with van der Waals surface area (Å²) < 4.78 is 4.99. The Labute approximate surface area is 115 Å². The molecule has 0 aliphatic carbocycles. The Morgan fingerprint density at radius 1 is 1.55 bits per heavy atom. The molecule has 1 atom stereocenters. The fourth-order valence-corrected chi connectivity index (χ4v) is 2.58. The SMILES string of the molecule is COCC1(C(=O)O)CCCN1C(=O)c1cc[nH]c(=O)c1. The van der Waals surface area contributed by atoms with Crippen molar-refractivity contribution in [2.45, 2.75) is 18.4 Å². The molecule has 0 saturated carbocycles. The van der Waals surface area contributed by atoms with Crippen molar-refractivity contribution in [3.05, 3.63) is 34.2 Å². The first-order chi connectivity index (χ1) is 9.51. The Bertz CT molecular complexity index is 582. The number of carboxylic acids is 1. The number of nitrogens with one attached hydrogen (secondary N) is 1. The standard InChI is InChI=1S/C13H16N2O5/c1-20-8-13(12(18)19)4-2-6-15(13)11(17)9-3-5-14-10(16)7-9/h3,5,7H,2,4,6,8H2,1H3,(H,14,16)(H,18,19). The van der Waals surface area contributed by atoms with Gasteiger partial charge in [-0.15, -0.1) is 0 Å². The number of carbonyl (C=O) groups is 2. The largest absolute Gasteiger partial charge is 0.479 e. The summed E-state index contributed by atoms with van der Waals surface area (Å²) in [5, 5.41) is 9.47. The number of aliphatic carboxylic acids is 1. The van der Waals surface area contributed by atoms with Crippen LogP contribution in [-0.4, -0.2) is 52.7 Å². The molecule has 0 spiro atoms. The van der Waals surface area contributed by atoms with Gasteiger partial charge in [0, 0.05) is 31.5 Å². The molecular weight excluding hydrogens is 264 g/mol. The van der Waals surface area contributed by atoms with Gasteiger partial charge >= 0.3 is 5.97 Å². The van der Waals surface area contributed by atoms with Crippen LogP contribution in [0.2, 0.25) is 0 Å². The summed E-state index contributed by atoms with van der Waals surface area (Å²) in [6.45, 7) is 0.262. The number of nitrogens with zero attached hydrogens (tertiary/aromatic N) is 1. The van der Waals surface area contributed by atoms with Gasteiger partial charge in [-0.05, 0) is 18.9 Å². The van der Waals surface area contributed by atoms with Crippen molar-refractivity contribution in [3.63, 3.8) is 0 Å². The number of carboxylic acid groups (broad SMARTS) is 1. The van der Waals surface area contributed by atoms with E-state index in [4.69, 9.17) is 4.74 Å². The second-order valence-corrected chi connectivity index (χ2v) is 4.77. The van der Waals surface area contributed by atoms with Crippen LogP contribution in [-0.2, 0) is 9.53 Å². The number of rotatable bonds is 4. The van der Waals surface area contributed by atoms with Gasteiger partial charge < -0.3 is 19.7 Å². The van der Waals surface area contributed by atoms with Crippen molar-refractivity contribution in [1.29, 1.82) is 0 Å². The first-order valence-corrected chi connectivity index (χ1v) is 6.24. The molecule has 1 aromatic heterocycles. The summed E-state index contributed by atoms with van der Waals surface area (Å²) in [5.41, 5.74) is -1.57. The molecule has 1 fully saturated rings. The molecule has 20 heavy (non-hydrogen) atoms. The normalized spacial score (nSPS) is 21.9. The topological polar surface area (TPSA) is 99.7 Å². The van der Waals surface area contributed by atoms with Crippen LogP contribution in [0.1, 0.15) is 23.2 Å². The van der Waals surface area contributed by atoms with Gasteiger partial charge in [0.15, 0.2) is 5.54 Å². The van der Waals surface area contributed by atoms with Crippen molar-refractivity contribution in [2.75, 3.05) is 20.3 Å². The van der Waals surface area contributed by atoms with Gasteiger partial charge in [-0.1, -0.05) is 0 Å². The summed E-state index contributed by atoms with van der Waals surface area (Å²) in [6, 6.07) is 2.63. The summed E-state index contributed by atoms with van der Waals surface area (Å²) >= 11 is 0. The number of hydrogen-bond donors (Lipinski definition) is 2. The first kappa shape index (κ1) is 14.3. The second-order valence-electron chi connectivity index (χ2n) is 4.77. The molecule has 0 aromatic carbocycles. The number of carbonyl (C=O) groups excluding carboxylic acids is 1. The number of amides is 1. The Balaban J connectivity index is 2.37. The summed E-state index contributed by atoms with van der Waals surface area (Å²) in [7, 11) is 1.40. The lowest BCUT2D eigenvalue weighted by Gasteiger charge is -2.34. The van der Waals surface area contributed by atoms with Gasteiger partial charge in [0.25, 0.3) is 5.91 Å². The number of likely N-dealkylation sites (tertiary alicyclic amines) is 1. The van der Waals surface area contributed by atoms with E-state index >= 15 is 0 Å². The third kappa shape index (κ3) is 2.32. The molecule has 1 aliphatic rings. The highest BCUT2D eigenvalue weighted by molar-refractivity contribution is 5.98. The highest BCUT2D eigenvalue weighted by Gasteiger charge is 2.50. The lowest BCUT2D eigenvalue weighted by molar-refractivity contribution is -0.151. The molecule has 7 heteroatoms. The van der Waals surface area contributed by atoms with Crippen molar-refractivity contribution < 1.29 is 19.4 Å². The number of aromatic nitrogens is 1. The van der Waals surface area contributed by atoms with Crippen LogP contribution in [0.25, 0.3) is 0 Å². The molecule has 1 amide bonds. The van der Waals surface area contributed by atoms with Gasteiger partial charge in [-0.25, -0.2) is 4.79 Å². The number of hydrogen-bond acceptors (Lipinski definition) is 4. The average Bonchev–Trinajstić information content (AvgIpc) is 2.83. The van der Waals surface area contributed by atoms with Crippen LogP contribution in [0, 0.1) is 0 Å². The Morgan fingerprint density at radius 2 is 2.30 bits per heavy atom. The zero-order chi connectivity index (χ0) is 14.8. The van der Waals surface area contributed by atoms with E-state index in [1.54, 1.807) is 0 Å². The molecule has 1 aliphatic heterocycles. The van der Waals surface area contributed by atoms with E-state index in [-0.39, 0.29) is 12.2 Å². The maximum Gasteiger partial charge on any atom is 0.332 e. The van der Waals surface area contributed by atoms with Crippen LogP contribution in [0.3, 0.4) is 0 Å². The number of pyridine rings is 1. The maximum absolute atomic E-state index is 12.4. The van der Waals surface area contributed by atoms with Gasteiger partial charge in [-0.3, -0.25) is 9.59 Å². The van der Waals surface area contributed by atoms with Crippen molar-refractivity contribution in [1.82, 2.24) is 9.88 Å². The van der Waals surface area contributed by atoms with Gasteiger partial charge in [0.2, 0.25) is 5.56 Å². The van der Waals surface area contributed by atoms with E-state index in [0.717, 1.165) is 0 Å². The summed E-state index contributed by atoms with van der Waals surface area (Å²) in [5.74, 6) is -1.55. The first-order valence-electron chi connectivity index (χ1n) is 6.24. The minimum absolute atomic E-state index is 0.0722. The third-order valence-corrected chi connectivity index (χ3v) is 3.54. The predicted octanol–water partition coefficient (Wildman–Crippen LogP) is 0.0807. The molecule has 2 N–H and O–H groups in total. The molecule has 0 radical (unpaired) electrons. The van der Waals surface area contributed by atoms with Gasteiger partial charge in [0.1, 0.15) is 0 Å². The van der Waals surface area contributed by atoms with E-state index in [1.807, 2.05) is 0 Å². The van der Waals surface area contributed by atoms with Crippen LogP contribution in [0.5, 0.6) is 0 Å². The Kier molecular flexibility index (Phi) is 3.89. The Morgan fingerprint density at radius 3 is 2.90 bits per heavy atom. The molecule has 0 bridgehead atoms. The fraction of sp³-hybridized carbons (Fsp3) is 0.462. The van der Waals surface area contributed by atoms with Crippen LogP contribution < -0.4 is 5.56 Å². The molecule has 1 saturated heterocycles. The molecular formula is C13H16N2O5. The van der Waals surface area contributed by atoms with Crippen molar-refractivity contribution >= 4 is 11.9 Å². The van der Waals surface area contributed by atoms with E-state index in [1.165, 1.54) is 30.3 Å². The van der Waals surface area contributed by atoms with E-state index in [9.17, 15) is 19.5 Å². The van der Waals surface area contributed by atoms with Crippen LogP contribution in [0.4, 0.5) is 0 Å². The lowest BCUT2D eigenvalue weighted by Crippen LogP contribution is -2.56. The van der Waals surface area contributed by atoms with Gasteiger partial charge in [0.05, 0.1) is 6.61 Å². The second kappa shape index (κ2) is 5.46. The van der Waals surface area contributed by atoms with Crippen LogP contribution in [0.15, 0.2) is 23.1 Å². The van der Waals surface area contributed by atoms with Crippen molar-refractivity contribution in [2.24, 2.45) is 0 Å². The minimum atomic E-state index is -1.35. The Hall–Kier alpha value is -2.15. The quantitative estimate of drug-likeness (QED) is 0.813. The minimum Gasteiger partial charge on any atom is -0.479 e. The van der Waals surface area contributed by atoms with E-state index in [0.29, 0.717) is 19.4 Å². The highest BCUT2D eigenvalue weighted by atomic mass is 16.5. The molecule has 108 valence electrons. The molecule has 1 unspecified atom stereocenters. The molecule has 2 heterocycles. The molecule has 2 rings (SSSR count). The molecule has 1 aromatic rings. The number of methoxy groups -OCH3 is 1. The van der Waals surface area contributed by atoms with Gasteiger partial charge in [-0.2, -0.15) is 0 Å². The number of ether oxygens (including phenoxy) is 1. The maximum atomic E-state index is 12.4. The smallest absolute Gasteiger partial charge is 0.332 e. The highest BCUT2D eigenvalue weighted by Crippen LogP contribution is 2.31. The van der Waals surface area contributed by atoms with Crippen molar-refractivity contribution in [3.8, 4) is 0 Å². The predicted molar refractivity (Wildman–Crippen MR) is 69.6 cm³/mol. The number of H-pyrrole nitrogens is 1. The van der Waals surface area contributed by atoms with E-state index < -0.39 is 23.0 Å². The summed E-state index contributed by atoms with van der Waals surface area (Å²) in [4.78, 5) is 39.0.